The number of aromatic nitrogens is 1. The van der Waals surface area contributed by atoms with Crippen molar-refractivity contribution in [1.82, 2.24) is 9.47 Å². The van der Waals surface area contributed by atoms with Crippen LogP contribution in [0.15, 0.2) is 18.5 Å². The first-order chi connectivity index (χ1) is 7.29. The first kappa shape index (κ1) is 9.96. The van der Waals surface area contributed by atoms with Gasteiger partial charge >= 0.3 is 0 Å². The maximum absolute atomic E-state index is 11.7. The van der Waals surface area contributed by atoms with E-state index in [0.29, 0.717) is 12.1 Å². The van der Waals surface area contributed by atoms with E-state index in [1.165, 1.54) is 0 Å². The lowest BCUT2D eigenvalue weighted by Gasteiger charge is -2.15. The second-order valence-electron chi connectivity index (χ2n) is 3.82. The van der Waals surface area contributed by atoms with E-state index in [2.05, 4.69) is 0 Å². The second kappa shape index (κ2) is 4.29. The number of carbonyl (C=O) groups is 2. The third-order valence-corrected chi connectivity index (χ3v) is 2.69. The van der Waals surface area contributed by atoms with Crippen molar-refractivity contribution in [2.75, 3.05) is 13.1 Å². The molecule has 2 rings (SSSR count). The van der Waals surface area contributed by atoms with E-state index in [0.717, 1.165) is 32.2 Å². The normalized spacial score (nSPS) is 15.6. The summed E-state index contributed by atoms with van der Waals surface area (Å²) >= 11 is 0. The van der Waals surface area contributed by atoms with Crippen molar-refractivity contribution in [3.63, 3.8) is 0 Å². The van der Waals surface area contributed by atoms with Gasteiger partial charge in [-0.15, -0.1) is 0 Å². The number of aldehydes is 1. The van der Waals surface area contributed by atoms with Crippen molar-refractivity contribution < 1.29 is 9.59 Å². The lowest BCUT2D eigenvalue weighted by atomic mass is 10.4. The third kappa shape index (κ3) is 2.26. The predicted octanol–water partition coefficient (Wildman–Crippen LogP) is 0.923. The minimum Gasteiger partial charge on any atom is -0.344 e. The van der Waals surface area contributed by atoms with Gasteiger partial charge < -0.3 is 9.47 Å². The van der Waals surface area contributed by atoms with E-state index in [4.69, 9.17) is 0 Å². The van der Waals surface area contributed by atoms with E-state index in [-0.39, 0.29) is 5.91 Å². The zero-order valence-corrected chi connectivity index (χ0v) is 8.56. The van der Waals surface area contributed by atoms with Gasteiger partial charge in [-0.25, -0.2) is 0 Å². The highest BCUT2D eigenvalue weighted by atomic mass is 16.2. The lowest BCUT2D eigenvalue weighted by molar-refractivity contribution is -0.130. The molecule has 1 aliphatic rings. The molecule has 1 fully saturated rings. The number of rotatable bonds is 3. The summed E-state index contributed by atoms with van der Waals surface area (Å²) in [5.41, 5.74) is 0.615. The third-order valence-electron chi connectivity index (χ3n) is 2.69. The molecule has 0 aliphatic carbocycles. The molecule has 0 unspecified atom stereocenters. The molecule has 1 aromatic rings. The smallest absolute Gasteiger partial charge is 0.242 e. The summed E-state index contributed by atoms with van der Waals surface area (Å²) in [6.07, 6.45) is 6.46. The molecule has 0 atom stereocenters. The molecule has 0 bridgehead atoms. The van der Waals surface area contributed by atoms with Crippen LogP contribution in [-0.4, -0.2) is 34.7 Å². The highest BCUT2D eigenvalue weighted by molar-refractivity contribution is 5.77. The SMILES string of the molecule is O=Cc1ccn(CC(=O)N2CCCC2)c1. The Morgan fingerprint density at radius 3 is 2.73 bits per heavy atom. The number of amides is 1. The van der Waals surface area contributed by atoms with Crippen LogP contribution in [0, 0.1) is 0 Å². The molecule has 0 aromatic carbocycles. The van der Waals surface area contributed by atoms with E-state index < -0.39 is 0 Å². The number of carbonyl (C=O) groups excluding carboxylic acids is 2. The molecule has 1 saturated heterocycles. The second-order valence-corrected chi connectivity index (χ2v) is 3.82. The van der Waals surface area contributed by atoms with Crippen LogP contribution in [0.1, 0.15) is 23.2 Å². The molecule has 4 heteroatoms. The number of hydrogen-bond donors (Lipinski definition) is 0. The molecule has 4 nitrogen and oxygen atoms in total. The Hall–Kier alpha value is -1.58. The van der Waals surface area contributed by atoms with Crippen molar-refractivity contribution in [2.45, 2.75) is 19.4 Å². The maximum Gasteiger partial charge on any atom is 0.242 e. The molecule has 15 heavy (non-hydrogen) atoms. The molecule has 1 aliphatic heterocycles. The average molecular weight is 206 g/mol. The Morgan fingerprint density at radius 2 is 2.13 bits per heavy atom. The molecule has 0 saturated carbocycles. The molecule has 1 aromatic heterocycles. The van der Waals surface area contributed by atoms with Crippen LogP contribution in [0.25, 0.3) is 0 Å². The lowest BCUT2D eigenvalue weighted by Crippen LogP contribution is -2.30. The summed E-state index contributed by atoms with van der Waals surface area (Å²) in [6, 6.07) is 1.71. The van der Waals surface area contributed by atoms with Gasteiger partial charge in [-0.2, -0.15) is 0 Å². The molecule has 2 heterocycles. The van der Waals surface area contributed by atoms with Crippen LogP contribution in [0.4, 0.5) is 0 Å². The highest BCUT2D eigenvalue weighted by Gasteiger charge is 2.17. The fourth-order valence-corrected chi connectivity index (χ4v) is 1.85. The van der Waals surface area contributed by atoms with Gasteiger partial charge in [0.15, 0.2) is 6.29 Å². The fourth-order valence-electron chi connectivity index (χ4n) is 1.85. The fraction of sp³-hybridized carbons (Fsp3) is 0.455. The van der Waals surface area contributed by atoms with Crippen molar-refractivity contribution in [1.29, 1.82) is 0 Å². The molecule has 0 spiro atoms. The van der Waals surface area contributed by atoms with Crippen LogP contribution in [0.3, 0.4) is 0 Å². The summed E-state index contributed by atoms with van der Waals surface area (Å²) in [5, 5.41) is 0. The van der Waals surface area contributed by atoms with Gasteiger partial charge in [0.25, 0.3) is 0 Å². The van der Waals surface area contributed by atoms with Crippen molar-refractivity contribution in [3.8, 4) is 0 Å². The molecule has 0 N–H and O–H groups in total. The molecule has 0 radical (unpaired) electrons. The maximum atomic E-state index is 11.7. The first-order valence-corrected chi connectivity index (χ1v) is 5.18. The Morgan fingerprint density at radius 1 is 1.40 bits per heavy atom. The standard InChI is InChI=1S/C11H14N2O2/c14-9-10-3-6-12(7-10)8-11(15)13-4-1-2-5-13/h3,6-7,9H,1-2,4-5,8H2. The zero-order chi connectivity index (χ0) is 10.7. The van der Waals surface area contributed by atoms with Gasteiger partial charge in [0.1, 0.15) is 6.54 Å². The minimum absolute atomic E-state index is 0.139. The van der Waals surface area contributed by atoms with Crippen LogP contribution >= 0.6 is 0 Å². The number of nitrogens with zero attached hydrogens (tertiary/aromatic N) is 2. The predicted molar refractivity (Wildman–Crippen MR) is 55.6 cm³/mol. The molecule has 1 amide bonds. The monoisotopic (exact) mass is 206 g/mol. The Kier molecular flexibility index (Phi) is 2.85. The summed E-state index contributed by atoms with van der Waals surface area (Å²) in [6.45, 7) is 2.09. The summed E-state index contributed by atoms with van der Waals surface area (Å²) in [7, 11) is 0. The average Bonchev–Trinajstić information content (AvgIpc) is 2.87. The van der Waals surface area contributed by atoms with Gasteiger partial charge in [-0.1, -0.05) is 0 Å². The summed E-state index contributed by atoms with van der Waals surface area (Å²) in [5.74, 6) is 0.139. The Labute approximate surface area is 88.5 Å². The van der Waals surface area contributed by atoms with E-state index in [1.54, 1.807) is 23.0 Å². The first-order valence-electron chi connectivity index (χ1n) is 5.18. The van der Waals surface area contributed by atoms with Gasteiger partial charge in [-0.05, 0) is 18.9 Å². The highest BCUT2D eigenvalue weighted by Crippen LogP contribution is 2.08. The largest absolute Gasteiger partial charge is 0.344 e. The number of likely N-dealkylation sites (tertiary alicyclic amines) is 1. The van der Waals surface area contributed by atoms with Crippen LogP contribution in [0.2, 0.25) is 0 Å². The topological polar surface area (TPSA) is 42.3 Å². The number of hydrogen-bond acceptors (Lipinski definition) is 2. The molecule has 80 valence electrons. The molecular weight excluding hydrogens is 192 g/mol. The van der Waals surface area contributed by atoms with Crippen LogP contribution in [-0.2, 0) is 11.3 Å². The quantitative estimate of drug-likeness (QED) is 0.690. The van der Waals surface area contributed by atoms with E-state index in [9.17, 15) is 9.59 Å². The van der Waals surface area contributed by atoms with Crippen LogP contribution < -0.4 is 0 Å². The van der Waals surface area contributed by atoms with Crippen molar-refractivity contribution in [3.05, 3.63) is 24.0 Å². The minimum atomic E-state index is 0.139. The Bertz CT molecular complexity index is 364. The Balaban J connectivity index is 1.95. The van der Waals surface area contributed by atoms with Crippen molar-refractivity contribution in [2.24, 2.45) is 0 Å². The van der Waals surface area contributed by atoms with Gasteiger partial charge in [0.05, 0.1) is 0 Å². The van der Waals surface area contributed by atoms with Gasteiger partial charge in [0, 0.05) is 31.0 Å². The summed E-state index contributed by atoms with van der Waals surface area (Å²) in [4.78, 5) is 24.1. The van der Waals surface area contributed by atoms with Gasteiger partial charge in [0.2, 0.25) is 5.91 Å². The van der Waals surface area contributed by atoms with Crippen LogP contribution in [0.5, 0.6) is 0 Å². The summed E-state index contributed by atoms with van der Waals surface area (Å²) < 4.78 is 1.75. The van der Waals surface area contributed by atoms with E-state index >= 15 is 0 Å². The van der Waals surface area contributed by atoms with Gasteiger partial charge in [-0.3, -0.25) is 9.59 Å². The molecular formula is C11H14N2O2. The van der Waals surface area contributed by atoms with E-state index in [1.807, 2.05) is 4.90 Å². The zero-order valence-electron chi connectivity index (χ0n) is 8.56. The van der Waals surface area contributed by atoms with Crippen molar-refractivity contribution >= 4 is 12.2 Å².